The number of hydrogen-bond donors (Lipinski definition) is 3. The Kier molecular flexibility index (Phi) is 6.22. The van der Waals surface area contributed by atoms with Gasteiger partial charge in [0.25, 0.3) is 11.6 Å². The fraction of sp³-hybridized carbons (Fsp3) is 0.462. The number of anilines is 1. The molecule has 3 heterocycles. The number of fused-ring (bicyclic) bond motifs is 3. The van der Waals surface area contributed by atoms with Crippen molar-refractivity contribution in [3.05, 3.63) is 69.3 Å². The average Bonchev–Trinajstić information content (AvgIpc) is 3.30. The van der Waals surface area contributed by atoms with Crippen LogP contribution in [0.15, 0.2) is 42.5 Å². The number of carbonyl (C=O) groups excluding carboxylic acids is 2. The molecule has 1 fully saturated rings. The first-order valence-corrected chi connectivity index (χ1v) is 15.5. The van der Waals surface area contributed by atoms with Gasteiger partial charge in [0.1, 0.15) is 0 Å². The molecule has 1 saturated heterocycles. The fourth-order valence-corrected chi connectivity index (χ4v) is 9.08. The Morgan fingerprint density at radius 3 is 2.62 bits per heavy atom. The number of non-ortho nitro benzene ring substituents is 1. The Morgan fingerprint density at radius 1 is 1.27 bits per heavy atom. The quantitative estimate of drug-likeness (QED) is 0.309. The zero-order chi connectivity index (χ0) is 26.7. The summed E-state index contributed by atoms with van der Waals surface area (Å²) in [5.41, 5.74) is 0.697. The number of aliphatic hydroxyl groups excluding tert-OH is 1. The molecule has 0 saturated carbocycles. The second-order valence-corrected chi connectivity index (χ2v) is 14.8. The van der Waals surface area contributed by atoms with Crippen LogP contribution in [0.4, 0.5) is 11.4 Å². The van der Waals surface area contributed by atoms with Crippen LogP contribution >= 0.6 is 0 Å². The SMILES string of the molecule is C[C@H]1[C@H]([Si](C)(C)O)[C@@H](CC(=O)N2Cc3ccccc3C[C@H]2CO)O[C@]12C(=O)Nc1ccc([N+](=O)[O-])cc12. The third-order valence-electron chi connectivity index (χ3n) is 8.20. The van der Waals surface area contributed by atoms with Gasteiger partial charge in [-0.25, -0.2) is 0 Å². The molecule has 2 amide bonds. The lowest BCUT2D eigenvalue weighted by atomic mass is 9.82. The number of nitrogens with one attached hydrogen (secondary N) is 1. The molecule has 0 bridgehead atoms. The van der Waals surface area contributed by atoms with Crippen molar-refractivity contribution >= 4 is 31.5 Å². The summed E-state index contributed by atoms with van der Waals surface area (Å²) in [6, 6.07) is 11.6. The van der Waals surface area contributed by atoms with Gasteiger partial charge in [-0.1, -0.05) is 31.2 Å². The second kappa shape index (κ2) is 9.01. The molecule has 2 aromatic carbocycles. The van der Waals surface area contributed by atoms with E-state index in [2.05, 4.69) is 5.32 Å². The number of aliphatic hydroxyl groups is 1. The van der Waals surface area contributed by atoms with Crippen LogP contribution in [0.3, 0.4) is 0 Å². The van der Waals surface area contributed by atoms with Crippen molar-refractivity contribution in [1.29, 1.82) is 0 Å². The largest absolute Gasteiger partial charge is 0.432 e. The maximum absolute atomic E-state index is 13.7. The summed E-state index contributed by atoms with van der Waals surface area (Å²) in [6.45, 7) is 5.48. The predicted molar refractivity (Wildman–Crippen MR) is 137 cm³/mol. The van der Waals surface area contributed by atoms with Crippen LogP contribution in [0, 0.1) is 16.0 Å². The second-order valence-electron chi connectivity index (χ2n) is 10.8. The molecule has 1 spiro atoms. The van der Waals surface area contributed by atoms with E-state index in [4.69, 9.17) is 4.74 Å². The van der Waals surface area contributed by atoms with Crippen LogP contribution in [0.2, 0.25) is 18.6 Å². The number of benzene rings is 2. The van der Waals surface area contributed by atoms with Gasteiger partial charge < -0.3 is 24.9 Å². The van der Waals surface area contributed by atoms with Gasteiger partial charge >= 0.3 is 0 Å². The highest BCUT2D eigenvalue weighted by atomic mass is 28.4. The predicted octanol–water partition coefficient (Wildman–Crippen LogP) is 2.68. The van der Waals surface area contributed by atoms with E-state index >= 15 is 0 Å². The number of nitrogens with zero attached hydrogens (tertiary/aromatic N) is 2. The zero-order valence-corrected chi connectivity index (χ0v) is 22.0. The molecule has 5 atom stereocenters. The normalized spacial score (nSPS) is 28.7. The van der Waals surface area contributed by atoms with E-state index in [0.717, 1.165) is 11.1 Å². The van der Waals surface area contributed by atoms with Crippen LogP contribution in [0.25, 0.3) is 0 Å². The lowest BCUT2D eigenvalue weighted by molar-refractivity contribution is -0.385. The number of rotatable bonds is 5. The summed E-state index contributed by atoms with van der Waals surface area (Å²) >= 11 is 0. The first-order valence-electron chi connectivity index (χ1n) is 12.4. The topological polar surface area (TPSA) is 142 Å². The Labute approximate surface area is 215 Å². The molecule has 37 heavy (non-hydrogen) atoms. The highest BCUT2D eigenvalue weighted by molar-refractivity contribution is 6.71. The van der Waals surface area contributed by atoms with Crippen LogP contribution in [0.5, 0.6) is 0 Å². The number of nitro groups is 1. The Morgan fingerprint density at radius 2 is 1.97 bits per heavy atom. The van der Waals surface area contributed by atoms with Crippen molar-refractivity contribution < 1.29 is 29.2 Å². The number of ether oxygens (including phenoxy) is 1. The summed E-state index contributed by atoms with van der Waals surface area (Å²) in [4.78, 5) is 50.9. The first kappa shape index (κ1) is 25.5. The molecule has 196 valence electrons. The molecule has 10 nitrogen and oxygen atoms in total. The van der Waals surface area contributed by atoms with Crippen LogP contribution in [0.1, 0.15) is 30.0 Å². The number of hydrogen-bond acceptors (Lipinski definition) is 7. The van der Waals surface area contributed by atoms with Crippen molar-refractivity contribution in [2.45, 2.75) is 62.7 Å². The van der Waals surface area contributed by atoms with Crippen molar-refractivity contribution in [1.82, 2.24) is 4.90 Å². The van der Waals surface area contributed by atoms with Gasteiger partial charge in [0.15, 0.2) is 13.9 Å². The molecule has 5 rings (SSSR count). The molecule has 0 radical (unpaired) electrons. The van der Waals surface area contributed by atoms with Gasteiger partial charge in [-0.05, 0) is 36.7 Å². The monoisotopic (exact) mass is 525 g/mol. The molecule has 3 aliphatic rings. The van der Waals surface area contributed by atoms with E-state index in [1.807, 2.05) is 24.3 Å². The molecular weight excluding hydrogens is 494 g/mol. The Bertz CT molecular complexity index is 1280. The number of amides is 2. The highest BCUT2D eigenvalue weighted by Crippen LogP contribution is 2.58. The van der Waals surface area contributed by atoms with Crippen molar-refractivity contribution in [2.24, 2.45) is 5.92 Å². The molecule has 3 aliphatic heterocycles. The molecular formula is C26H31N3O7Si. The first-order chi connectivity index (χ1) is 17.5. The van der Waals surface area contributed by atoms with Gasteiger partial charge in [-0.2, -0.15) is 0 Å². The summed E-state index contributed by atoms with van der Waals surface area (Å²) in [5, 5.41) is 24.3. The summed E-state index contributed by atoms with van der Waals surface area (Å²) < 4.78 is 6.46. The van der Waals surface area contributed by atoms with E-state index in [1.165, 1.54) is 18.2 Å². The highest BCUT2D eigenvalue weighted by Gasteiger charge is 2.65. The lowest BCUT2D eigenvalue weighted by Crippen LogP contribution is -2.48. The minimum atomic E-state index is -2.99. The van der Waals surface area contributed by atoms with Gasteiger partial charge in [-0.15, -0.1) is 0 Å². The molecule has 0 aliphatic carbocycles. The van der Waals surface area contributed by atoms with Gasteiger partial charge in [0, 0.05) is 41.4 Å². The number of nitro benzene ring substituents is 1. The van der Waals surface area contributed by atoms with E-state index in [0.29, 0.717) is 24.2 Å². The standard InChI is InChI=1S/C26H31N3O7Si/c1-15-24(37(2,3)35)22(12-23(31)28-13-17-7-5-4-6-16(17)10-19(28)14-30)36-26(15)20-11-18(29(33)34)8-9-21(20)27-25(26)32/h4-9,11,15,19,22,24,30,35H,10,12-14H2,1-3H3,(H,27,32)/t15-,19-,22+,24-,26+/m0/s1. The third kappa shape index (κ3) is 4.06. The van der Waals surface area contributed by atoms with E-state index in [1.54, 1.807) is 24.9 Å². The zero-order valence-electron chi connectivity index (χ0n) is 21.0. The Hall–Kier alpha value is -3.12. The van der Waals surface area contributed by atoms with E-state index < -0.39 is 42.3 Å². The molecule has 11 heteroatoms. The summed E-state index contributed by atoms with van der Waals surface area (Å²) in [7, 11) is -2.99. The van der Waals surface area contributed by atoms with E-state index in [9.17, 15) is 29.6 Å². The van der Waals surface area contributed by atoms with E-state index in [-0.39, 0.29) is 30.7 Å². The Balaban J connectivity index is 1.49. The third-order valence-corrected chi connectivity index (χ3v) is 10.7. The van der Waals surface area contributed by atoms with Crippen molar-refractivity contribution in [3.8, 4) is 0 Å². The van der Waals surface area contributed by atoms with Crippen molar-refractivity contribution in [3.63, 3.8) is 0 Å². The van der Waals surface area contributed by atoms with Gasteiger partial charge in [-0.3, -0.25) is 19.7 Å². The molecule has 0 aromatic heterocycles. The molecule has 2 aromatic rings. The van der Waals surface area contributed by atoms with Gasteiger partial charge in [0.2, 0.25) is 5.91 Å². The minimum absolute atomic E-state index is 0.0794. The van der Waals surface area contributed by atoms with Crippen LogP contribution < -0.4 is 5.32 Å². The average molecular weight is 526 g/mol. The smallest absolute Gasteiger partial charge is 0.269 e. The van der Waals surface area contributed by atoms with Gasteiger partial charge in [0.05, 0.1) is 30.1 Å². The van der Waals surface area contributed by atoms with Crippen LogP contribution in [-0.4, -0.2) is 58.6 Å². The maximum Gasteiger partial charge on any atom is 0.269 e. The minimum Gasteiger partial charge on any atom is -0.432 e. The summed E-state index contributed by atoms with van der Waals surface area (Å²) in [5.74, 6) is -1.21. The lowest BCUT2D eigenvalue weighted by Gasteiger charge is -2.37. The maximum atomic E-state index is 13.7. The summed E-state index contributed by atoms with van der Waals surface area (Å²) in [6.07, 6.45) is -0.321. The number of carbonyl (C=O) groups is 2. The fourth-order valence-electron chi connectivity index (χ4n) is 6.53. The molecule has 3 N–H and O–H groups in total. The molecule has 0 unspecified atom stereocenters. The van der Waals surface area contributed by atoms with Crippen LogP contribution in [-0.2, 0) is 32.9 Å². The van der Waals surface area contributed by atoms with Crippen molar-refractivity contribution in [2.75, 3.05) is 11.9 Å².